The predicted octanol–water partition coefficient (Wildman–Crippen LogP) is 1.09. The lowest BCUT2D eigenvalue weighted by molar-refractivity contribution is -0.124. The Balaban J connectivity index is 1.84. The normalized spacial score (nSPS) is 25.1. The van der Waals surface area contributed by atoms with Crippen LogP contribution >= 0.6 is 0 Å². The first-order valence-corrected chi connectivity index (χ1v) is 7.29. The van der Waals surface area contributed by atoms with Gasteiger partial charge in [-0.2, -0.15) is 0 Å². The highest BCUT2D eigenvalue weighted by Gasteiger charge is 2.47. The largest absolute Gasteiger partial charge is 0.368 e. The molecule has 2 saturated carbocycles. The van der Waals surface area contributed by atoms with Crippen LogP contribution in [0.5, 0.6) is 0 Å². The first-order valence-electron chi connectivity index (χ1n) is 7.29. The quantitative estimate of drug-likeness (QED) is 0.744. The molecule has 2 aliphatic carbocycles. The topological polar surface area (TPSA) is 72.3 Å². The zero-order valence-electron chi connectivity index (χ0n) is 11.5. The summed E-state index contributed by atoms with van der Waals surface area (Å²) in [5, 5.41) is 0. The molecule has 2 fully saturated rings. The summed E-state index contributed by atoms with van der Waals surface area (Å²) >= 11 is 0. The van der Waals surface area contributed by atoms with E-state index in [2.05, 4.69) is 11.9 Å². The van der Waals surface area contributed by atoms with Gasteiger partial charge in [0.15, 0.2) is 0 Å². The van der Waals surface area contributed by atoms with Crippen LogP contribution in [0.25, 0.3) is 0 Å². The zero-order valence-corrected chi connectivity index (χ0v) is 11.5. The molecule has 2 aliphatic rings. The number of carbonyl (C=O) groups excluding carboxylic acids is 1. The van der Waals surface area contributed by atoms with Crippen molar-refractivity contribution in [2.45, 2.75) is 50.5 Å². The van der Waals surface area contributed by atoms with Gasteiger partial charge < -0.3 is 16.4 Å². The lowest BCUT2D eigenvalue weighted by atomic mass is 9.88. The van der Waals surface area contributed by atoms with Crippen molar-refractivity contribution in [2.24, 2.45) is 23.3 Å². The first kappa shape index (κ1) is 13.8. The van der Waals surface area contributed by atoms with Crippen LogP contribution in [-0.4, -0.2) is 36.5 Å². The smallest absolute Gasteiger partial charge is 0.239 e. The summed E-state index contributed by atoms with van der Waals surface area (Å²) in [4.78, 5) is 13.8. The number of hydrogen-bond donors (Lipinski definition) is 2. The number of nitrogens with zero attached hydrogens (tertiary/aromatic N) is 1. The minimum absolute atomic E-state index is 0.309. The van der Waals surface area contributed by atoms with Crippen LogP contribution in [0, 0.1) is 11.8 Å². The molecule has 0 radical (unpaired) electrons. The van der Waals surface area contributed by atoms with Gasteiger partial charge in [-0.1, -0.05) is 19.3 Å². The molecule has 1 atom stereocenters. The summed E-state index contributed by atoms with van der Waals surface area (Å²) < 4.78 is 0. The van der Waals surface area contributed by atoms with Crippen LogP contribution in [0.15, 0.2) is 0 Å². The average molecular weight is 253 g/mol. The predicted molar refractivity (Wildman–Crippen MR) is 72.9 cm³/mol. The Morgan fingerprint density at radius 1 is 1.22 bits per heavy atom. The van der Waals surface area contributed by atoms with E-state index in [1.165, 1.54) is 32.1 Å². The summed E-state index contributed by atoms with van der Waals surface area (Å²) in [6, 6.07) is 0. The molecule has 0 bridgehead atoms. The molecular weight excluding hydrogens is 226 g/mol. The average Bonchev–Trinajstić information content (AvgIpc) is 3.13. The van der Waals surface area contributed by atoms with E-state index in [1.54, 1.807) is 0 Å². The third-order valence-corrected chi connectivity index (χ3v) is 4.59. The van der Waals surface area contributed by atoms with Crippen LogP contribution in [0.1, 0.15) is 44.9 Å². The lowest BCUT2D eigenvalue weighted by Gasteiger charge is -2.33. The highest BCUT2D eigenvalue weighted by atomic mass is 16.1. The number of nitrogens with two attached hydrogens (primary N) is 2. The molecule has 0 aromatic rings. The van der Waals surface area contributed by atoms with E-state index < -0.39 is 5.54 Å². The maximum atomic E-state index is 11.6. The Hall–Kier alpha value is -0.610. The molecule has 4 nitrogen and oxygen atoms in total. The molecule has 1 unspecified atom stereocenters. The summed E-state index contributed by atoms with van der Waals surface area (Å²) in [7, 11) is 2.07. The number of likely N-dealkylation sites (N-methyl/N-ethyl adjacent to an activating group) is 1. The van der Waals surface area contributed by atoms with Gasteiger partial charge in [-0.3, -0.25) is 4.79 Å². The molecule has 18 heavy (non-hydrogen) atoms. The van der Waals surface area contributed by atoms with Gasteiger partial charge >= 0.3 is 0 Å². The molecule has 104 valence electrons. The minimum atomic E-state index is -0.802. The molecule has 0 spiro atoms. The Bertz CT molecular complexity index is 297. The van der Waals surface area contributed by atoms with Crippen LogP contribution in [0.4, 0.5) is 0 Å². The summed E-state index contributed by atoms with van der Waals surface area (Å²) in [6.07, 6.45) is 8.83. The molecule has 0 saturated heterocycles. The highest BCUT2D eigenvalue weighted by Crippen LogP contribution is 2.38. The van der Waals surface area contributed by atoms with E-state index in [4.69, 9.17) is 11.5 Å². The van der Waals surface area contributed by atoms with E-state index in [-0.39, 0.29) is 5.91 Å². The molecule has 4 heteroatoms. The Kier molecular flexibility index (Phi) is 4.28. The van der Waals surface area contributed by atoms with Crippen molar-refractivity contribution in [3.8, 4) is 0 Å². The second-order valence-electron chi connectivity index (χ2n) is 6.38. The van der Waals surface area contributed by atoms with Crippen LogP contribution in [0.3, 0.4) is 0 Å². The van der Waals surface area contributed by atoms with Crippen LogP contribution in [-0.2, 0) is 4.79 Å². The Morgan fingerprint density at radius 3 is 2.33 bits per heavy atom. The standard InChI is InChI=1S/C14H27N3O/c1-17(9-11-5-3-2-4-6-11)10-14(16,13(15)18)12-7-8-12/h11-12H,2-10,16H2,1H3,(H2,15,18). The van der Waals surface area contributed by atoms with Gasteiger partial charge in [0, 0.05) is 13.1 Å². The molecule has 0 heterocycles. The Morgan fingerprint density at radius 2 is 1.83 bits per heavy atom. The van der Waals surface area contributed by atoms with Gasteiger partial charge in [0.05, 0.1) is 0 Å². The number of amides is 1. The fourth-order valence-corrected chi connectivity index (χ4v) is 3.33. The van der Waals surface area contributed by atoms with Crippen molar-refractivity contribution >= 4 is 5.91 Å². The molecule has 0 aliphatic heterocycles. The molecule has 0 aromatic carbocycles. The molecule has 0 aromatic heterocycles. The van der Waals surface area contributed by atoms with Gasteiger partial charge in [0.1, 0.15) is 5.54 Å². The fraction of sp³-hybridized carbons (Fsp3) is 0.929. The molecule has 4 N–H and O–H groups in total. The van der Waals surface area contributed by atoms with E-state index in [9.17, 15) is 4.79 Å². The summed E-state index contributed by atoms with van der Waals surface area (Å²) in [5.74, 6) is 0.754. The van der Waals surface area contributed by atoms with Gasteiger partial charge in [0.2, 0.25) is 5.91 Å². The van der Waals surface area contributed by atoms with Crippen molar-refractivity contribution in [2.75, 3.05) is 20.1 Å². The second kappa shape index (κ2) is 5.57. The van der Waals surface area contributed by atoms with E-state index >= 15 is 0 Å². The van der Waals surface area contributed by atoms with Gasteiger partial charge in [-0.15, -0.1) is 0 Å². The van der Waals surface area contributed by atoms with Crippen molar-refractivity contribution in [3.63, 3.8) is 0 Å². The van der Waals surface area contributed by atoms with Crippen molar-refractivity contribution in [1.82, 2.24) is 4.90 Å². The fourth-order valence-electron chi connectivity index (χ4n) is 3.33. The number of carbonyl (C=O) groups is 1. The lowest BCUT2D eigenvalue weighted by Crippen LogP contribution is -2.60. The maximum absolute atomic E-state index is 11.6. The van der Waals surface area contributed by atoms with Gasteiger partial charge in [-0.25, -0.2) is 0 Å². The molecule has 1 amide bonds. The monoisotopic (exact) mass is 253 g/mol. The van der Waals surface area contributed by atoms with Crippen molar-refractivity contribution in [3.05, 3.63) is 0 Å². The molecule has 2 rings (SSSR count). The first-order chi connectivity index (χ1) is 8.52. The Labute approximate surface area is 110 Å². The number of rotatable bonds is 6. The van der Waals surface area contributed by atoms with Crippen LogP contribution in [0.2, 0.25) is 0 Å². The number of primary amides is 1. The van der Waals surface area contributed by atoms with Gasteiger partial charge in [-0.05, 0) is 44.6 Å². The highest BCUT2D eigenvalue weighted by molar-refractivity contribution is 5.85. The summed E-state index contributed by atoms with van der Waals surface area (Å²) in [6.45, 7) is 1.67. The zero-order chi connectivity index (χ0) is 13.2. The second-order valence-corrected chi connectivity index (χ2v) is 6.38. The maximum Gasteiger partial charge on any atom is 0.239 e. The van der Waals surface area contributed by atoms with Crippen LogP contribution < -0.4 is 11.5 Å². The van der Waals surface area contributed by atoms with E-state index in [0.29, 0.717) is 12.5 Å². The number of hydrogen-bond acceptors (Lipinski definition) is 3. The van der Waals surface area contributed by atoms with E-state index in [1.807, 2.05) is 0 Å². The minimum Gasteiger partial charge on any atom is -0.368 e. The third-order valence-electron chi connectivity index (χ3n) is 4.59. The third kappa shape index (κ3) is 3.23. The summed E-state index contributed by atoms with van der Waals surface area (Å²) in [5.41, 5.74) is 10.9. The SMILES string of the molecule is CN(CC1CCCCC1)CC(N)(C(N)=O)C1CC1. The van der Waals surface area contributed by atoms with Crippen molar-refractivity contribution in [1.29, 1.82) is 0 Å². The van der Waals surface area contributed by atoms with Crippen molar-refractivity contribution < 1.29 is 4.79 Å². The van der Waals surface area contributed by atoms with E-state index in [0.717, 1.165) is 25.3 Å². The van der Waals surface area contributed by atoms with Gasteiger partial charge in [0.25, 0.3) is 0 Å². The molecular formula is C14H27N3O.